The van der Waals surface area contributed by atoms with E-state index in [4.69, 9.17) is 9.47 Å². The Hall–Kier alpha value is -2.04. The Labute approximate surface area is 166 Å². The van der Waals surface area contributed by atoms with Crippen LogP contribution >= 0.6 is 12.4 Å². The third-order valence-electron chi connectivity index (χ3n) is 5.30. The zero-order chi connectivity index (χ0) is 17.8. The first-order valence-corrected chi connectivity index (χ1v) is 9.55. The van der Waals surface area contributed by atoms with Gasteiger partial charge in [0.15, 0.2) is 0 Å². The number of esters is 1. The zero-order valence-corrected chi connectivity index (χ0v) is 16.2. The maximum absolute atomic E-state index is 12.5. The summed E-state index contributed by atoms with van der Waals surface area (Å²) in [6.45, 7) is 3.56. The van der Waals surface area contributed by atoms with Crippen molar-refractivity contribution in [2.75, 3.05) is 26.2 Å². The molecular weight excluding hydrogens is 362 g/mol. The molecule has 4 rings (SSSR count). The molecule has 2 heterocycles. The summed E-state index contributed by atoms with van der Waals surface area (Å²) in [4.78, 5) is 14.9. The van der Waals surface area contributed by atoms with Gasteiger partial charge >= 0.3 is 5.97 Å². The molecule has 1 saturated heterocycles. The van der Waals surface area contributed by atoms with Crippen LogP contribution in [0, 0.1) is 0 Å². The maximum atomic E-state index is 12.5. The fourth-order valence-electron chi connectivity index (χ4n) is 3.93. The van der Waals surface area contributed by atoms with Gasteiger partial charge in [-0.25, -0.2) is 0 Å². The summed E-state index contributed by atoms with van der Waals surface area (Å²) < 4.78 is 11.5. The summed E-state index contributed by atoms with van der Waals surface area (Å²) in [6, 6.07) is 15.9. The Bertz CT molecular complexity index is 728. The van der Waals surface area contributed by atoms with Gasteiger partial charge in [0.05, 0.1) is 6.42 Å². The Morgan fingerprint density at radius 1 is 0.963 bits per heavy atom. The average Bonchev–Trinajstić information content (AvgIpc) is 2.68. The molecule has 0 unspecified atom stereocenters. The minimum atomic E-state index is -0.140. The molecule has 2 aliphatic heterocycles. The predicted molar refractivity (Wildman–Crippen MR) is 108 cm³/mol. The number of carbonyl (C=O) groups is 1. The number of hydrogen-bond acceptors (Lipinski definition) is 4. The average molecular weight is 388 g/mol. The molecule has 0 radical (unpaired) electrons. The second-order valence-electron chi connectivity index (χ2n) is 7.06. The second kappa shape index (κ2) is 9.25. The van der Waals surface area contributed by atoms with Crippen LogP contribution in [0.2, 0.25) is 0 Å². The summed E-state index contributed by atoms with van der Waals surface area (Å²) in [5.74, 6) is 1.51. The first kappa shape index (κ1) is 19.7. The highest BCUT2D eigenvalue weighted by atomic mass is 35.5. The van der Waals surface area contributed by atoms with Gasteiger partial charge in [0.1, 0.15) is 18.1 Å². The van der Waals surface area contributed by atoms with E-state index < -0.39 is 0 Å². The Morgan fingerprint density at radius 2 is 1.56 bits per heavy atom. The summed E-state index contributed by atoms with van der Waals surface area (Å²) in [5.41, 5.74) is 2.11. The van der Waals surface area contributed by atoms with Crippen LogP contribution in [0.3, 0.4) is 0 Å². The van der Waals surface area contributed by atoms with Gasteiger partial charge in [0.2, 0.25) is 0 Å². The van der Waals surface area contributed by atoms with Crippen LogP contribution in [0.5, 0.6) is 11.5 Å². The normalized spacial score (nSPS) is 16.4. The smallest absolute Gasteiger partial charge is 0.306 e. The summed E-state index contributed by atoms with van der Waals surface area (Å²) >= 11 is 0. The van der Waals surface area contributed by atoms with Crippen molar-refractivity contribution in [3.8, 4) is 11.5 Å². The lowest BCUT2D eigenvalue weighted by atomic mass is 9.85. The maximum Gasteiger partial charge on any atom is 0.306 e. The quantitative estimate of drug-likeness (QED) is 0.693. The molecule has 0 aromatic heterocycles. The topological polar surface area (TPSA) is 38.8 Å². The molecule has 4 nitrogen and oxygen atoms in total. The molecule has 0 aliphatic carbocycles. The van der Waals surface area contributed by atoms with Gasteiger partial charge in [-0.05, 0) is 38.1 Å². The van der Waals surface area contributed by atoms with Crippen LogP contribution in [0.1, 0.15) is 42.7 Å². The van der Waals surface area contributed by atoms with Crippen LogP contribution in [0.4, 0.5) is 0 Å². The van der Waals surface area contributed by atoms with Crippen LogP contribution in [0.25, 0.3) is 0 Å². The van der Waals surface area contributed by atoms with Gasteiger partial charge in [0, 0.05) is 23.6 Å². The summed E-state index contributed by atoms with van der Waals surface area (Å²) in [7, 11) is 0. The molecule has 2 aromatic carbocycles. The number of nitrogens with zero attached hydrogens (tertiary/aromatic N) is 1. The second-order valence-corrected chi connectivity index (χ2v) is 7.06. The van der Waals surface area contributed by atoms with Gasteiger partial charge in [0.25, 0.3) is 0 Å². The van der Waals surface area contributed by atoms with Crippen molar-refractivity contribution in [3.05, 3.63) is 59.7 Å². The van der Waals surface area contributed by atoms with Crippen LogP contribution in [-0.4, -0.2) is 37.1 Å². The summed E-state index contributed by atoms with van der Waals surface area (Å²) in [5, 5.41) is 0. The highest BCUT2D eigenvalue weighted by molar-refractivity contribution is 5.85. The lowest BCUT2D eigenvalue weighted by molar-refractivity contribution is -0.144. The van der Waals surface area contributed by atoms with E-state index in [2.05, 4.69) is 4.90 Å². The molecule has 0 saturated carbocycles. The Kier molecular flexibility index (Phi) is 6.75. The molecule has 144 valence electrons. The fourth-order valence-corrected chi connectivity index (χ4v) is 3.93. The third-order valence-corrected chi connectivity index (χ3v) is 5.30. The van der Waals surface area contributed by atoms with Crippen molar-refractivity contribution in [1.29, 1.82) is 0 Å². The minimum Gasteiger partial charge on any atom is -0.464 e. The molecule has 2 aromatic rings. The molecule has 2 aliphatic rings. The van der Waals surface area contributed by atoms with Crippen molar-refractivity contribution in [1.82, 2.24) is 4.90 Å². The van der Waals surface area contributed by atoms with E-state index in [1.165, 1.54) is 19.3 Å². The molecule has 0 atom stereocenters. The number of benzene rings is 2. The Morgan fingerprint density at radius 3 is 2.19 bits per heavy atom. The van der Waals surface area contributed by atoms with Gasteiger partial charge < -0.3 is 9.47 Å². The van der Waals surface area contributed by atoms with Crippen molar-refractivity contribution >= 4 is 18.4 Å². The molecule has 0 spiro atoms. The fraction of sp³-hybridized carbons (Fsp3) is 0.409. The van der Waals surface area contributed by atoms with E-state index in [9.17, 15) is 4.79 Å². The van der Waals surface area contributed by atoms with Gasteiger partial charge in [-0.15, -0.1) is 12.4 Å². The zero-order valence-electron chi connectivity index (χ0n) is 15.4. The van der Waals surface area contributed by atoms with Crippen LogP contribution in [-0.2, 0) is 9.53 Å². The third kappa shape index (κ3) is 4.63. The number of piperidine rings is 1. The van der Waals surface area contributed by atoms with E-state index in [0.29, 0.717) is 13.0 Å². The standard InChI is InChI=1S/C22H25NO3.ClH/c24-22(25-15-14-23-12-6-1-7-13-23)16-19-17-8-2-4-10-20(17)26-21-11-5-3-9-18(19)21;/h2-5,8-11,19H,1,6-7,12-16H2;1H. The number of halogens is 1. The molecule has 0 amide bonds. The van der Waals surface area contributed by atoms with E-state index in [-0.39, 0.29) is 24.3 Å². The number of carbonyl (C=O) groups excluding carboxylic acids is 1. The van der Waals surface area contributed by atoms with Crippen LogP contribution < -0.4 is 4.74 Å². The molecule has 1 fully saturated rings. The lowest BCUT2D eigenvalue weighted by Crippen LogP contribution is -2.33. The van der Waals surface area contributed by atoms with Crippen molar-refractivity contribution < 1.29 is 14.3 Å². The van der Waals surface area contributed by atoms with Gasteiger partial charge in [-0.1, -0.05) is 42.8 Å². The van der Waals surface area contributed by atoms with Gasteiger partial charge in [-0.2, -0.15) is 0 Å². The van der Waals surface area contributed by atoms with E-state index in [0.717, 1.165) is 42.3 Å². The molecular formula is C22H26ClNO3. The van der Waals surface area contributed by atoms with Crippen LogP contribution in [0.15, 0.2) is 48.5 Å². The monoisotopic (exact) mass is 387 g/mol. The number of rotatable bonds is 5. The molecule has 0 N–H and O–H groups in total. The number of fused-ring (bicyclic) bond motifs is 2. The largest absolute Gasteiger partial charge is 0.464 e. The van der Waals surface area contributed by atoms with E-state index in [1.807, 2.05) is 48.5 Å². The van der Waals surface area contributed by atoms with Gasteiger partial charge in [-0.3, -0.25) is 9.69 Å². The number of para-hydroxylation sites is 2. The van der Waals surface area contributed by atoms with Crippen molar-refractivity contribution in [3.63, 3.8) is 0 Å². The van der Waals surface area contributed by atoms with E-state index in [1.54, 1.807) is 0 Å². The highest BCUT2D eigenvalue weighted by Crippen LogP contribution is 2.45. The summed E-state index contributed by atoms with van der Waals surface area (Å²) in [6.07, 6.45) is 4.17. The first-order chi connectivity index (χ1) is 12.8. The highest BCUT2D eigenvalue weighted by Gasteiger charge is 2.29. The SMILES string of the molecule is Cl.O=C(CC1c2ccccc2Oc2ccccc21)OCCN1CCCCC1. The predicted octanol–water partition coefficient (Wildman–Crippen LogP) is 4.77. The number of likely N-dealkylation sites (tertiary alicyclic amines) is 1. The van der Waals surface area contributed by atoms with E-state index >= 15 is 0 Å². The molecule has 27 heavy (non-hydrogen) atoms. The van der Waals surface area contributed by atoms with Crippen molar-refractivity contribution in [2.45, 2.75) is 31.6 Å². The molecule has 0 bridgehead atoms. The first-order valence-electron chi connectivity index (χ1n) is 9.55. The molecule has 5 heteroatoms. The number of hydrogen-bond donors (Lipinski definition) is 0. The van der Waals surface area contributed by atoms with Crippen molar-refractivity contribution in [2.24, 2.45) is 0 Å². The Balaban J connectivity index is 0.00000210. The minimum absolute atomic E-state index is 0. The lowest BCUT2D eigenvalue weighted by Gasteiger charge is -2.28. The number of ether oxygens (including phenoxy) is 2.